The van der Waals surface area contributed by atoms with Crippen LogP contribution in [0.4, 0.5) is 0 Å². The molecule has 0 aliphatic rings. The quantitative estimate of drug-likeness (QED) is 0.591. The van der Waals surface area contributed by atoms with Crippen LogP contribution in [0, 0.1) is 0 Å². The van der Waals surface area contributed by atoms with Crippen molar-refractivity contribution in [2.75, 3.05) is 6.61 Å². The van der Waals surface area contributed by atoms with Crippen molar-refractivity contribution in [1.29, 1.82) is 0 Å². The lowest BCUT2D eigenvalue weighted by Gasteiger charge is -2.19. The first-order valence-corrected chi connectivity index (χ1v) is 4.49. The predicted molar refractivity (Wildman–Crippen MR) is 38.9 cm³/mol. The maximum Gasteiger partial charge on any atom is 0.214 e. The van der Waals surface area contributed by atoms with Crippen LogP contribution in [0.5, 0.6) is 0 Å². The van der Waals surface area contributed by atoms with E-state index in [0.29, 0.717) is 0 Å². The second-order valence-corrected chi connectivity index (χ2v) is 4.97. The minimum Gasteiger partial charge on any atom is -0.396 e. The molecule has 0 radical (unpaired) electrons. The monoisotopic (exact) mass is 167 g/mol. The zero-order chi connectivity index (χ0) is 8.41. The van der Waals surface area contributed by atoms with Gasteiger partial charge in [0.15, 0.2) is 0 Å². The highest BCUT2D eigenvalue weighted by Gasteiger charge is 2.29. The summed E-state index contributed by atoms with van der Waals surface area (Å²) in [6, 6.07) is 0. The van der Waals surface area contributed by atoms with Gasteiger partial charge in [-0.3, -0.25) is 0 Å². The Bertz CT molecular complexity index is 195. The van der Waals surface area contributed by atoms with E-state index in [-0.39, 0.29) is 13.0 Å². The molecule has 0 atom stereocenters. The fraction of sp³-hybridized carbons (Fsp3) is 1.00. The van der Waals surface area contributed by atoms with Gasteiger partial charge in [0.05, 0.1) is 4.75 Å². The highest BCUT2D eigenvalue weighted by Crippen LogP contribution is 2.16. The van der Waals surface area contributed by atoms with Gasteiger partial charge in [-0.05, 0) is 20.3 Å². The van der Waals surface area contributed by atoms with Gasteiger partial charge in [0, 0.05) is 6.61 Å². The summed E-state index contributed by atoms with van der Waals surface area (Å²) >= 11 is 0. The molecule has 62 valence electrons. The number of primary sulfonamides is 1. The maximum absolute atomic E-state index is 10.7. The van der Waals surface area contributed by atoms with E-state index in [2.05, 4.69) is 0 Å². The topological polar surface area (TPSA) is 80.4 Å². The van der Waals surface area contributed by atoms with Crippen molar-refractivity contribution in [2.45, 2.75) is 25.0 Å². The molecule has 0 rings (SSSR count). The lowest BCUT2D eigenvalue weighted by Crippen LogP contribution is -2.38. The van der Waals surface area contributed by atoms with Gasteiger partial charge in [0.25, 0.3) is 0 Å². The van der Waals surface area contributed by atoms with Gasteiger partial charge in [0.2, 0.25) is 10.0 Å². The molecule has 0 heterocycles. The van der Waals surface area contributed by atoms with Crippen molar-refractivity contribution in [1.82, 2.24) is 0 Å². The van der Waals surface area contributed by atoms with Crippen molar-refractivity contribution >= 4 is 10.0 Å². The molecule has 0 fully saturated rings. The third-order valence-corrected chi connectivity index (χ3v) is 3.23. The smallest absolute Gasteiger partial charge is 0.214 e. The lowest BCUT2D eigenvalue weighted by molar-refractivity contribution is 0.272. The van der Waals surface area contributed by atoms with Crippen LogP contribution >= 0.6 is 0 Å². The van der Waals surface area contributed by atoms with E-state index < -0.39 is 14.8 Å². The van der Waals surface area contributed by atoms with Crippen molar-refractivity contribution in [2.24, 2.45) is 5.14 Å². The molecule has 0 aromatic heterocycles. The number of aliphatic hydroxyl groups excluding tert-OH is 1. The average Bonchev–Trinajstić information content (AvgIpc) is 1.61. The molecule has 10 heavy (non-hydrogen) atoms. The Hall–Kier alpha value is -0.130. The average molecular weight is 167 g/mol. The molecule has 0 amide bonds. The van der Waals surface area contributed by atoms with Crippen LogP contribution in [0.15, 0.2) is 0 Å². The Morgan fingerprint density at radius 1 is 1.50 bits per heavy atom. The standard InChI is InChI=1S/C5H13NO3S/c1-5(2,3-4-7)10(6,8)9/h7H,3-4H2,1-2H3,(H2,6,8,9). The minimum absolute atomic E-state index is 0.163. The van der Waals surface area contributed by atoms with Crippen LogP contribution in [-0.4, -0.2) is 24.9 Å². The van der Waals surface area contributed by atoms with E-state index in [1.165, 1.54) is 13.8 Å². The van der Waals surface area contributed by atoms with Gasteiger partial charge < -0.3 is 5.11 Å². The highest BCUT2D eigenvalue weighted by atomic mass is 32.2. The van der Waals surface area contributed by atoms with Gasteiger partial charge in [-0.15, -0.1) is 0 Å². The highest BCUT2D eigenvalue weighted by molar-refractivity contribution is 7.90. The van der Waals surface area contributed by atoms with Crippen molar-refractivity contribution in [3.05, 3.63) is 0 Å². The van der Waals surface area contributed by atoms with Crippen molar-refractivity contribution in [3.63, 3.8) is 0 Å². The second kappa shape index (κ2) is 2.86. The zero-order valence-corrected chi connectivity index (χ0v) is 6.98. The van der Waals surface area contributed by atoms with E-state index >= 15 is 0 Å². The summed E-state index contributed by atoms with van der Waals surface area (Å²) in [4.78, 5) is 0. The van der Waals surface area contributed by atoms with Crippen LogP contribution in [0.25, 0.3) is 0 Å². The van der Waals surface area contributed by atoms with Gasteiger partial charge in [-0.2, -0.15) is 0 Å². The number of aliphatic hydroxyl groups is 1. The van der Waals surface area contributed by atoms with Crippen molar-refractivity contribution in [3.8, 4) is 0 Å². The molecule has 0 spiro atoms. The molecule has 4 nitrogen and oxygen atoms in total. The lowest BCUT2D eigenvalue weighted by atomic mass is 10.1. The number of nitrogens with two attached hydrogens (primary N) is 1. The SMILES string of the molecule is CC(C)(CCO)S(N)(=O)=O. The Kier molecular flexibility index (Phi) is 2.82. The maximum atomic E-state index is 10.7. The molecule has 0 aromatic rings. The van der Waals surface area contributed by atoms with Crippen LogP contribution in [0.2, 0.25) is 0 Å². The molecule has 0 aliphatic heterocycles. The van der Waals surface area contributed by atoms with Crippen molar-refractivity contribution < 1.29 is 13.5 Å². The van der Waals surface area contributed by atoms with Gasteiger partial charge in [-0.25, -0.2) is 13.6 Å². The molecule has 5 heteroatoms. The molecule has 0 bridgehead atoms. The summed E-state index contributed by atoms with van der Waals surface area (Å²) in [6.45, 7) is 2.81. The van der Waals surface area contributed by atoms with E-state index in [0.717, 1.165) is 0 Å². The second-order valence-electron chi connectivity index (χ2n) is 2.78. The molecule has 0 saturated heterocycles. The predicted octanol–water partition coefficient (Wildman–Crippen LogP) is -0.564. The van der Waals surface area contributed by atoms with Gasteiger partial charge in [-0.1, -0.05) is 0 Å². The Morgan fingerprint density at radius 2 is 1.90 bits per heavy atom. The first-order valence-electron chi connectivity index (χ1n) is 2.94. The summed E-state index contributed by atoms with van der Waals surface area (Å²) in [7, 11) is -3.52. The van der Waals surface area contributed by atoms with Crippen LogP contribution in [0.1, 0.15) is 20.3 Å². The molecule has 0 aliphatic carbocycles. The van der Waals surface area contributed by atoms with Gasteiger partial charge >= 0.3 is 0 Å². The Balaban J connectivity index is 4.42. The molecular formula is C5H13NO3S. The van der Waals surface area contributed by atoms with E-state index in [4.69, 9.17) is 10.2 Å². The van der Waals surface area contributed by atoms with E-state index in [9.17, 15) is 8.42 Å². The summed E-state index contributed by atoms with van der Waals surface area (Å²) in [6.07, 6.45) is 0.172. The first kappa shape index (κ1) is 9.87. The first-order chi connectivity index (χ1) is 4.31. The van der Waals surface area contributed by atoms with Crippen LogP contribution < -0.4 is 5.14 Å². The summed E-state index contributed by atoms with van der Waals surface area (Å²) < 4.78 is 20.4. The third kappa shape index (κ3) is 2.24. The normalized spacial score (nSPS) is 13.6. The largest absolute Gasteiger partial charge is 0.396 e. The molecular weight excluding hydrogens is 154 g/mol. The minimum atomic E-state index is -3.52. The number of hydrogen-bond donors (Lipinski definition) is 2. The molecule has 0 saturated carbocycles. The van der Waals surface area contributed by atoms with Gasteiger partial charge in [0.1, 0.15) is 0 Å². The summed E-state index contributed by atoms with van der Waals surface area (Å²) in [5, 5.41) is 13.3. The molecule has 0 aromatic carbocycles. The number of sulfonamides is 1. The fourth-order valence-corrected chi connectivity index (χ4v) is 0.787. The summed E-state index contributed by atoms with van der Waals surface area (Å²) in [5.74, 6) is 0. The molecule has 0 unspecified atom stereocenters. The van der Waals surface area contributed by atoms with E-state index in [1.807, 2.05) is 0 Å². The number of rotatable bonds is 3. The van der Waals surface area contributed by atoms with Crippen LogP contribution in [-0.2, 0) is 10.0 Å². The van der Waals surface area contributed by atoms with E-state index in [1.54, 1.807) is 0 Å². The summed E-state index contributed by atoms with van der Waals surface area (Å²) in [5.41, 5.74) is 0. The number of hydrogen-bond acceptors (Lipinski definition) is 3. The van der Waals surface area contributed by atoms with Crippen LogP contribution in [0.3, 0.4) is 0 Å². The Morgan fingerprint density at radius 3 is 2.00 bits per heavy atom. The third-order valence-electron chi connectivity index (χ3n) is 1.48. The Labute approximate surface area is 61.1 Å². The zero-order valence-electron chi connectivity index (χ0n) is 6.16. The fourth-order valence-electron chi connectivity index (χ4n) is 0.412. The molecule has 3 N–H and O–H groups in total.